The number of hydrogen-bond donors (Lipinski definition) is 2. The first-order valence-corrected chi connectivity index (χ1v) is 11.0. The molecule has 176 valence electrons. The minimum Gasteiger partial charge on any atom is -0.361 e. The number of rotatable bonds is 7. The topological polar surface area (TPSA) is 44.9 Å². The minimum absolute atomic E-state index is 0.0211. The number of benzene rings is 3. The zero-order valence-corrected chi connectivity index (χ0v) is 18.5. The molecule has 0 aliphatic carbocycles. The van der Waals surface area contributed by atoms with E-state index in [4.69, 9.17) is 0 Å². The molecule has 0 saturated carbocycles. The van der Waals surface area contributed by atoms with Crippen LogP contribution >= 0.6 is 0 Å². The number of hydrogen-bond acceptors (Lipinski definition) is 1. The second-order valence-electron chi connectivity index (χ2n) is 8.22. The van der Waals surface area contributed by atoms with Crippen molar-refractivity contribution in [3.8, 4) is 0 Å². The van der Waals surface area contributed by atoms with Gasteiger partial charge in [0, 0.05) is 36.0 Å². The van der Waals surface area contributed by atoms with Crippen LogP contribution in [-0.2, 0) is 23.9 Å². The number of carbonyl (C=O) groups is 1. The van der Waals surface area contributed by atoms with E-state index >= 15 is 0 Å². The summed E-state index contributed by atoms with van der Waals surface area (Å²) in [5.74, 6) is -1.04. The SMILES string of the molecule is CCc1cccc2c(C(CC(=O)NCc3cccc(C(F)(F)F)c3)c3ccc(F)cc3)c[nH]c12. The summed E-state index contributed by atoms with van der Waals surface area (Å²) in [6.07, 6.45) is -1.66. The van der Waals surface area contributed by atoms with E-state index in [1.165, 1.54) is 18.2 Å². The Morgan fingerprint density at radius 2 is 1.76 bits per heavy atom. The fraction of sp³-hybridized carbons (Fsp3) is 0.222. The summed E-state index contributed by atoms with van der Waals surface area (Å²) in [5, 5.41) is 3.72. The van der Waals surface area contributed by atoms with Crippen molar-refractivity contribution in [3.63, 3.8) is 0 Å². The first kappa shape index (κ1) is 23.5. The molecule has 7 heteroatoms. The summed E-state index contributed by atoms with van der Waals surface area (Å²) in [5.41, 5.74) is 3.44. The molecule has 1 aromatic heterocycles. The lowest BCUT2D eigenvalue weighted by Gasteiger charge is -2.18. The van der Waals surface area contributed by atoms with Gasteiger partial charge in [-0.1, -0.05) is 49.4 Å². The average Bonchev–Trinajstić information content (AvgIpc) is 3.25. The molecule has 1 amide bonds. The van der Waals surface area contributed by atoms with Crippen LogP contribution in [0.3, 0.4) is 0 Å². The number of para-hydroxylation sites is 1. The van der Waals surface area contributed by atoms with E-state index in [1.54, 1.807) is 18.2 Å². The van der Waals surface area contributed by atoms with Crippen LogP contribution < -0.4 is 5.32 Å². The predicted octanol–water partition coefficient (Wildman–Crippen LogP) is 6.73. The largest absolute Gasteiger partial charge is 0.416 e. The maximum absolute atomic E-state index is 13.6. The molecule has 1 unspecified atom stereocenters. The van der Waals surface area contributed by atoms with Crippen LogP contribution in [0.15, 0.2) is 72.9 Å². The van der Waals surface area contributed by atoms with Gasteiger partial charge in [0.2, 0.25) is 5.91 Å². The van der Waals surface area contributed by atoms with Crippen molar-refractivity contribution in [2.75, 3.05) is 0 Å². The summed E-state index contributed by atoms with van der Waals surface area (Å²) < 4.78 is 52.5. The fourth-order valence-corrected chi connectivity index (χ4v) is 4.24. The van der Waals surface area contributed by atoms with E-state index < -0.39 is 11.7 Å². The molecule has 0 bridgehead atoms. The van der Waals surface area contributed by atoms with Crippen molar-refractivity contribution in [2.24, 2.45) is 0 Å². The summed E-state index contributed by atoms with van der Waals surface area (Å²) in [7, 11) is 0. The second-order valence-corrected chi connectivity index (χ2v) is 8.22. The number of alkyl halides is 3. The summed E-state index contributed by atoms with van der Waals surface area (Å²) >= 11 is 0. The zero-order valence-electron chi connectivity index (χ0n) is 18.5. The minimum atomic E-state index is -4.44. The van der Waals surface area contributed by atoms with Crippen molar-refractivity contribution >= 4 is 16.8 Å². The van der Waals surface area contributed by atoms with Crippen LogP contribution in [0.25, 0.3) is 10.9 Å². The van der Waals surface area contributed by atoms with Crippen LogP contribution in [0.1, 0.15) is 47.1 Å². The third-order valence-corrected chi connectivity index (χ3v) is 6.00. The Balaban J connectivity index is 1.59. The Labute approximate surface area is 194 Å². The standard InChI is InChI=1S/C27H24F4N2O/c1-2-18-6-4-8-22-24(16-33-26(18)22)23(19-9-11-21(28)12-10-19)14-25(34)32-15-17-5-3-7-20(13-17)27(29,30)31/h3-13,16,23,33H,2,14-15H2,1H3,(H,32,34). The number of nitrogens with one attached hydrogen (secondary N) is 2. The van der Waals surface area contributed by atoms with Crippen molar-refractivity contribution < 1.29 is 22.4 Å². The Hall–Kier alpha value is -3.61. The van der Waals surface area contributed by atoms with Gasteiger partial charge in [-0.3, -0.25) is 4.79 Å². The van der Waals surface area contributed by atoms with Gasteiger partial charge in [-0.15, -0.1) is 0 Å². The van der Waals surface area contributed by atoms with Crippen molar-refractivity contribution in [1.82, 2.24) is 10.3 Å². The highest BCUT2D eigenvalue weighted by molar-refractivity contribution is 5.88. The van der Waals surface area contributed by atoms with Gasteiger partial charge in [-0.2, -0.15) is 13.2 Å². The van der Waals surface area contributed by atoms with Crippen LogP contribution in [0.5, 0.6) is 0 Å². The number of aromatic amines is 1. The molecule has 34 heavy (non-hydrogen) atoms. The summed E-state index contributed by atoms with van der Waals surface area (Å²) in [6, 6.07) is 16.9. The lowest BCUT2D eigenvalue weighted by Crippen LogP contribution is -2.25. The molecular weight excluding hydrogens is 444 g/mol. The molecule has 3 aromatic carbocycles. The highest BCUT2D eigenvalue weighted by atomic mass is 19.4. The van der Waals surface area contributed by atoms with Gasteiger partial charge < -0.3 is 10.3 Å². The van der Waals surface area contributed by atoms with Crippen molar-refractivity contribution in [2.45, 2.75) is 38.4 Å². The lowest BCUT2D eigenvalue weighted by atomic mass is 9.87. The normalized spacial score (nSPS) is 12.6. The van der Waals surface area contributed by atoms with Gasteiger partial charge in [-0.25, -0.2) is 4.39 Å². The van der Waals surface area contributed by atoms with Gasteiger partial charge in [0.1, 0.15) is 5.82 Å². The second kappa shape index (κ2) is 9.71. The van der Waals surface area contributed by atoms with Crippen molar-refractivity contribution in [1.29, 1.82) is 0 Å². The molecule has 1 heterocycles. The van der Waals surface area contributed by atoms with Gasteiger partial charge in [0.15, 0.2) is 0 Å². The van der Waals surface area contributed by atoms with Gasteiger partial charge in [-0.05, 0) is 52.9 Å². The van der Waals surface area contributed by atoms with E-state index in [0.29, 0.717) is 5.56 Å². The first-order chi connectivity index (χ1) is 16.3. The Morgan fingerprint density at radius 3 is 2.47 bits per heavy atom. The van der Waals surface area contributed by atoms with E-state index in [-0.39, 0.29) is 30.6 Å². The van der Waals surface area contributed by atoms with Crippen LogP contribution in [0, 0.1) is 5.82 Å². The average molecular weight is 468 g/mol. The third-order valence-electron chi connectivity index (χ3n) is 6.00. The smallest absolute Gasteiger partial charge is 0.361 e. The first-order valence-electron chi connectivity index (χ1n) is 11.0. The molecule has 0 spiro atoms. The van der Waals surface area contributed by atoms with E-state index in [1.807, 2.05) is 24.4 Å². The maximum atomic E-state index is 13.6. The van der Waals surface area contributed by atoms with Crippen LogP contribution in [-0.4, -0.2) is 10.9 Å². The monoisotopic (exact) mass is 468 g/mol. The van der Waals surface area contributed by atoms with E-state index in [0.717, 1.165) is 46.1 Å². The predicted molar refractivity (Wildman–Crippen MR) is 124 cm³/mol. The molecule has 4 rings (SSSR count). The molecular formula is C27H24F4N2O. The highest BCUT2D eigenvalue weighted by Crippen LogP contribution is 2.35. The number of aromatic nitrogens is 1. The van der Waals surface area contributed by atoms with Gasteiger partial charge in [0.25, 0.3) is 0 Å². The number of carbonyl (C=O) groups excluding carboxylic acids is 1. The lowest BCUT2D eigenvalue weighted by molar-refractivity contribution is -0.137. The molecule has 2 N–H and O–H groups in total. The quantitative estimate of drug-likeness (QED) is 0.290. The Morgan fingerprint density at radius 1 is 1.03 bits per heavy atom. The number of halogens is 4. The molecule has 0 radical (unpaired) electrons. The zero-order chi connectivity index (χ0) is 24.3. The molecule has 3 nitrogen and oxygen atoms in total. The van der Waals surface area contributed by atoms with Crippen LogP contribution in [0.2, 0.25) is 0 Å². The highest BCUT2D eigenvalue weighted by Gasteiger charge is 2.30. The third kappa shape index (κ3) is 5.14. The number of aryl methyl sites for hydroxylation is 1. The molecule has 4 aromatic rings. The molecule has 0 fully saturated rings. The fourth-order valence-electron chi connectivity index (χ4n) is 4.24. The van der Waals surface area contributed by atoms with Gasteiger partial charge in [0.05, 0.1) is 5.56 Å². The summed E-state index contributed by atoms with van der Waals surface area (Å²) in [6.45, 7) is 2.04. The Kier molecular flexibility index (Phi) is 6.72. The van der Waals surface area contributed by atoms with E-state index in [9.17, 15) is 22.4 Å². The maximum Gasteiger partial charge on any atom is 0.416 e. The van der Waals surface area contributed by atoms with Crippen LogP contribution in [0.4, 0.5) is 17.6 Å². The molecule has 0 aliphatic rings. The Bertz CT molecular complexity index is 1290. The molecule has 0 saturated heterocycles. The summed E-state index contributed by atoms with van der Waals surface area (Å²) in [4.78, 5) is 16.2. The number of fused-ring (bicyclic) bond motifs is 1. The molecule has 0 aliphatic heterocycles. The van der Waals surface area contributed by atoms with Crippen molar-refractivity contribution in [3.05, 3.63) is 107 Å². The number of H-pyrrole nitrogens is 1. The van der Waals surface area contributed by atoms with Gasteiger partial charge >= 0.3 is 6.18 Å². The number of amides is 1. The molecule has 1 atom stereocenters. The van der Waals surface area contributed by atoms with E-state index in [2.05, 4.69) is 17.2 Å².